The standard InChI is InChI=1S/C14H17N5O4S/c1-8(24-14-17-16-9(2)18(14)3)13(20)15-11-6-5-10(19(21)22)7-12(11)23-4/h5-8H,1-4H3,(H,15,20)/t8-/m1/s1. The van der Waals surface area contributed by atoms with E-state index in [1.807, 2.05) is 14.0 Å². The lowest BCUT2D eigenvalue weighted by atomic mass is 10.2. The van der Waals surface area contributed by atoms with Gasteiger partial charge in [0.2, 0.25) is 5.91 Å². The van der Waals surface area contributed by atoms with Gasteiger partial charge in [0.15, 0.2) is 5.16 Å². The summed E-state index contributed by atoms with van der Waals surface area (Å²) >= 11 is 1.27. The molecule has 1 heterocycles. The van der Waals surface area contributed by atoms with Crippen molar-refractivity contribution in [1.82, 2.24) is 14.8 Å². The second-order valence-electron chi connectivity index (χ2n) is 4.98. The zero-order chi connectivity index (χ0) is 17.9. The van der Waals surface area contributed by atoms with Gasteiger partial charge in [-0.15, -0.1) is 10.2 Å². The van der Waals surface area contributed by atoms with Crippen LogP contribution in [-0.4, -0.2) is 38.0 Å². The average molecular weight is 351 g/mol. The van der Waals surface area contributed by atoms with Gasteiger partial charge in [0.1, 0.15) is 11.6 Å². The van der Waals surface area contributed by atoms with Crippen LogP contribution in [0.3, 0.4) is 0 Å². The van der Waals surface area contributed by atoms with Gasteiger partial charge in [0.05, 0.1) is 29.0 Å². The lowest BCUT2D eigenvalue weighted by Crippen LogP contribution is -2.23. The molecule has 1 aromatic carbocycles. The lowest BCUT2D eigenvalue weighted by Gasteiger charge is -2.13. The van der Waals surface area contributed by atoms with E-state index in [-0.39, 0.29) is 17.3 Å². The molecule has 1 N–H and O–H groups in total. The number of anilines is 1. The first-order valence-electron chi connectivity index (χ1n) is 6.99. The van der Waals surface area contributed by atoms with E-state index in [1.165, 1.54) is 37.1 Å². The van der Waals surface area contributed by atoms with Crippen LogP contribution < -0.4 is 10.1 Å². The number of carbonyl (C=O) groups excluding carboxylic acids is 1. The number of nitrogens with one attached hydrogen (secondary N) is 1. The molecule has 9 nitrogen and oxygen atoms in total. The third kappa shape index (κ3) is 3.82. The molecule has 1 atom stereocenters. The number of hydrogen-bond donors (Lipinski definition) is 1. The molecule has 2 rings (SSSR count). The molecule has 0 aliphatic rings. The van der Waals surface area contributed by atoms with Crippen molar-refractivity contribution in [2.45, 2.75) is 24.3 Å². The molecule has 0 aliphatic heterocycles. The van der Waals surface area contributed by atoms with E-state index in [0.29, 0.717) is 10.8 Å². The summed E-state index contributed by atoms with van der Waals surface area (Å²) in [4.78, 5) is 22.6. The number of non-ortho nitro benzene ring substituents is 1. The molecule has 0 radical (unpaired) electrons. The zero-order valence-corrected chi connectivity index (χ0v) is 14.5. The maximum atomic E-state index is 12.3. The van der Waals surface area contributed by atoms with Crippen LogP contribution in [-0.2, 0) is 11.8 Å². The first-order chi connectivity index (χ1) is 11.3. The van der Waals surface area contributed by atoms with Crippen LogP contribution in [0.2, 0.25) is 0 Å². The van der Waals surface area contributed by atoms with Crippen LogP contribution in [0.15, 0.2) is 23.4 Å². The number of hydrogen-bond acceptors (Lipinski definition) is 7. The second kappa shape index (κ2) is 7.30. The average Bonchev–Trinajstić information content (AvgIpc) is 2.86. The Morgan fingerprint density at radius 2 is 2.17 bits per heavy atom. The van der Waals surface area contributed by atoms with Crippen molar-refractivity contribution in [2.24, 2.45) is 7.05 Å². The summed E-state index contributed by atoms with van der Waals surface area (Å²) < 4.78 is 6.90. The minimum atomic E-state index is -0.525. The molecule has 0 unspecified atom stereocenters. The van der Waals surface area contributed by atoms with Crippen molar-refractivity contribution in [2.75, 3.05) is 12.4 Å². The first kappa shape index (κ1) is 17.7. The van der Waals surface area contributed by atoms with Crippen molar-refractivity contribution in [3.8, 4) is 5.75 Å². The number of nitro benzene ring substituents is 1. The number of carbonyl (C=O) groups is 1. The highest BCUT2D eigenvalue weighted by Crippen LogP contribution is 2.30. The SMILES string of the molecule is COc1cc([N+](=O)[O-])ccc1NC(=O)[C@@H](C)Sc1nnc(C)n1C. The Morgan fingerprint density at radius 1 is 1.46 bits per heavy atom. The third-order valence-corrected chi connectivity index (χ3v) is 4.49. The van der Waals surface area contributed by atoms with Crippen molar-refractivity contribution >= 4 is 29.0 Å². The van der Waals surface area contributed by atoms with Crippen molar-refractivity contribution < 1.29 is 14.5 Å². The minimum Gasteiger partial charge on any atom is -0.494 e. The van der Waals surface area contributed by atoms with Gasteiger partial charge in [-0.2, -0.15) is 0 Å². The Balaban J connectivity index is 2.11. The fraction of sp³-hybridized carbons (Fsp3) is 0.357. The van der Waals surface area contributed by atoms with Crippen molar-refractivity contribution in [3.05, 3.63) is 34.1 Å². The number of thioether (sulfide) groups is 1. The van der Waals surface area contributed by atoms with Crippen LogP contribution in [0.25, 0.3) is 0 Å². The zero-order valence-electron chi connectivity index (χ0n) is 13.6. The fourth-order valence-electron chi connectivity index (χ4n) is 1.83. The Kier molecular flexibility index (Phi) is 5.39. The largest absolute Gasteiger partial charge is 0.494 e. The first-order valence-corrected chi connectivity index (χ1v) is 7.87. The number of amides is 1. The number of rotatable bonds is 6. The number of aryl methyl sites for hydroxylation is 1. The van der Waals surface area contributed by atoms with Gasteiger partial charge >= 0.3 is 0 Å². The quantitative estimate of drug-likeness (QED) is 0.482. The Labute approximate surface area is 142 Å². The van der Waals surface area contributed by atoms with Gasteiger partial charge in [-0.3, -0.25) is 14.9 Å². The number of methoxy groups -OCH3 is 1. The van der Waals surface area contributed by atoms with Gasteiger partial charge in [-0.05, 0) is 19.9 Å². The highest BCUT2D eigenvalue weighted by atomic mass is 32.2. The summed E-state index contributed by atoms with van der Waals surface area (Å²) in [6.45, 7) is 3.56. The fourth-order valence-corrected chi connectivity index (χ4v) is 2.69. The van der Waals surface area contributed by atoms with Crippen LogP contribution >= 0.6 is 11.8 Å². The van der Waals surface area contributed by atoms with E-state index in [1.54, 1.807) is 11.5 Å². The van der Waals surface area contributed by atoms with Gasteiger partial charge in [-0.25, -0.2) is 0 Å². The van der Waals surface area contributed by atoms with E-state index < -0.39 is 10.2 Å². The smallest absolute Gasteiger partial charge is 0.273 e. The molecule has 1 amide bonds. The molecule has 1 aromatic heterocycles. The highest BCUT2D eigenvalue weighted by molar-refractivity contribution is 8.00. The highest BCUT2D eigenvalue weighted by Gasteiger charge is 2.20. The molecule has 0 bridgehead atoms. The van der Waals surface area contributed by atoms with E-state index in [0.717, 1.165) is 5.82 Å². The summed E-state index contributed by atoms with van der Waals surface area (Å²) in [6, 6.07) is 4.01. The minimum absolute atomic E-state index is 0.109. The molecule has 2 aromatic rings. The number of nitro groups is 1. The summed E-state index contributed by atoms with van der Waals surface area (Å²) in [7, 11) is 3.21. The predicted octanol–water partition coefficient (Wildman–Crippen LogP) is 2.16. The summed E-state index contributed by atoms with van der Waals surface area (Å²) in [5, 5.41) is 21.6. The second-order valence-corrected chi connectivity index (χ2v) is 6.29. The van der Waals surface area contributed by atoms with Crippen molar-refractivity contribution in [1.29, 1.82) is 0 Å². The van der Waals surface area contributed by atoms with E-state index in [4.69, 9.17) is 4.74 Å². The van der Waals surface area contributed by atoms with Gasteiger partial charge in [-0.1, -0.05) is 11.8 Å². The van der Waals surface area contributed by atoms with E-state index in [9.17, 15) is 14.9 Å². The molecule has 24 heavy (non-hydrogen) atoms. The van der Waals surface area contributed by atoms with Crippen LogP contribution in [0.1, 0.15) is 12.7 Å². The van der Waals surface area contributed by atoms with Gasteiger partial charge < -0.3 is 14.6 Å². The molecule has 10 heteroatoms. The third-order valence-electron chi connectivity index (χ3n) is 3.36. The Morgan fingerprint density at radius 3 is 2.71 bits per heavy atom. The molecule has 0 saturated carbocycles. The molecule has 128 valence electrons. The van der Waals surface area contributed by atoms with Gasteiger partial charge in [0, 0.05) is 13.1 Å². The maximum Gasteiger partial charge on any atom is 0.273 e. The van der Waals surface area contributed by atoms with E-state index >= 15 is 0 Å². The predicted molar refractivity (Wildman–Crippen MR) is 89.3 cm³/mol. The molecule has 0 saturated heterocycles. The molecular formula is C14H17N5O4S. The Bertz CT molecular complexity index is 777. The summed E-state index contributed by atoms with van der Waals surface area (Å²) in [5.74, 6) is 0.708. The number of ether oxygens (including phenoxy) is 1. The monoisotopic (exact) mass is 351 g/mol. The van der Waals surface area contributed by atoms with Crippen LogP contribution in [0, 0.1) is 17.0 Å². The molecular weight excluding hydrogens is 334 g/mol. The Hall–Kier alpha value is -2.62. The normalized spacial score (nSPS) is 11.8. The lowest BCUT2D eigenvalue weighted by molar-refractivity contribution is -0.384. The molecule has 0 spiro atoms. The van der Waals surface area contributed by atoms with Crippen molar-refractivity contribution in [3.63, 3.8) is 0 Å². The molecule has 0 fully saturated rings. The number of nitrogens with zero attached hydrogens (tertiary/aromatic N) is 4. The maximum absolute atomic E-state index is 12.3. The summed E-state index contributed by atoms with van der Waals surface area (Å²) in [6.07, 6.45) is 0. The van der Waals surface area contributed by atoms with Gasteiger partial charge in [0.25, 0.3) is 5.69 Å². The van der Waals surface area contributed by atoms with E-state index in [2.05, 4.69) is 15.5 Å². The number of aromatic nitrogens is 3. The molecule has 0 aliphatic carbocycles. The van der Waals surface area contributed by atoms with Crippen LogP contribution in [0.4, 0.5) is 11.4 Å². The topological polar surface area (TPSA) is 112 Å². The number of benzene rings is 1. The van der Waals surface area contributed by atoms with Crippen LogP contribution in [0.5, 0.6) is 5.75 Å². The summed E-state index contributed by atoms with van der Waals surface area (Å²) in [5.41, 5.74) is 0.261.